The SMILES string of the molecule is COc1ccc(N[C@@H]([C@H](C)CO)C(F)(F)Cl)cc1. The molecule has 0 amide bonds. The standard InChI is InChI=1S/C12H16ClF2NO2/c1-8(7-17)11(12(13,14)15)16-9-3-5-10(18-2)6-4-9/h3-6,8,11,16-17H,7H2,1-2H3/t8-,11+/m1/s1. The van der Waals surface area contributed by atoms with Gasteiger partial charge in [-0.25, -0.2) is 0 Å². The van der Waals surface area contributed by atoms with E-state index in [2.05, 4.69) is 5.32 Å². The second-order valence-corrected chi connectivity index (χ2v) is 4.56. The van der Waals surface area contributed by atoms with E-state index in [0.717, 1.165) is 0 Å². The number of alkyl halides is 3. The molecule has 1 aromatic carbocycles. The van der Waals surface area contributed by atoms with Crippen molar-refractivity contribution >= 4 is 17.3 Å². The molecule has 0 aliphatic carbocycles. The molecule has 2 N–H and O–H groups in total. The number of hydrogen-bond acceptors (Lipinski definition) is 3. The van der Waals surface area contributed by atoms with Crippen molar-refractivity contribution in [3.63, 3.8) is 0 Å². The van der Waals surface area contributed by atoms with E-state index < -0.39 is 17.3 Å². The highest BCUT2D eigenvalue weighted by Gasteiger charge is 2.40. The van der Waals surface area contributed by atoms with Gasteiger partial charge < -0.3 is 15.2 Å². The molecule has 18 heavy (non-hydrogen) atoms. The highest BCUT2D eigenvalue weighted by Crippen LogP contribution is 2.31. The highest BCUT2D eigenvalue weighted by molar-refractivity contribution is 6.22. The molecule has 0 heterocycles. The third-order valence-corrected chi connectivity index (χ3v) is 2.86. The average Bonchev–Trinajstić information content (AvgIpc) is 2.34. The summed E-state index contributed by atoms with van der Waals surface area (Å²) in [5, 5.41) is 8.16. The van der Waals surface area contributed by atoms with Crippen LogP contribution in [-0.4, -0.2) is 30.2 Å². The van der Waals surface area contributed by atoms with Crippen molar-refractivity contribution in [1.29, 1.82) is 0 Å². The van der Waals surface area contributed by atoms with Crippen LogP contribution < -0.4 is 10.1 Å². The van der Waals surface area contributed by atoms with Gasteiger partial charge in [0.25, 0.3) is 0 Å². The number of methoxy groups -OCH3 is 1. The van der Waals surface area contributed by atoms with E-state index in [-0.39, 0.29) is 6.61 Å². The summed E-state index contributed by atoms with van der Waals surface area (Å²) in [7, 11) is 1.52. The van der Waals surface area contributed by atoms with E-state index >= 15 is 0 Å². The number of rotatable bonds is 6. The average molecular weight is 280 g/mol. The smallest absolute Gasteiger partial charge is 0.341 e. The molecule has 0 unspecified atom stereocenters. The molecule has 2 atom stereocenters. The number of hydrogen-bond donors (Lipinski definition) is 2. The van der Waals surface area contributed by atoms with Crippen LogP contribution in [-0.2, 0) is 0 Å². The maximum Gasteiger partial charge on any atom is 0.341 e. The maximum atomic E-state index is 13.2. The molecule has 0 spiro atoms. The summed E-state index contributed by atoms with van der Waals surface area (Å²) in [5.74, 6) is -0.0513. The summed E-state index contributed by atoms with van der Waals surface area (Å²) in [6, 6.07) is 5.17. The lowest BCUT2D eigenvalue weighted by molar-refractivity contribution is 0.0408. The van der Waals surface area contributed by atoms with Crippen molar-refractivity contribution in [2.24, 2.45) is 5.92 Å². The number of aliphatic hydroxyl groups excluding tert-OH is 1. The van der Waals surface area contributed by atoms with Crippen molar-refractivity contribution in [1.82, 2.24) is 0 Å². The molecule has 6 heteroatoms. The lowest BCUT2D eigenvalue weighted by Gasteiger charge is -2.28. The lowest BCUT2D eigenvalue weighted by Crippen LogP contribution is -2.42. The molecule has 3 nitrogen and oxygen atoms in total. The van der Waals surface area contributed by atoms with Crippen LogP contribution in [0.2, 0.25) is 0 Å². The molecule has 0 radical (unpaired) electrons. The van der Waals surface area contributed by atoms with Gasteiger partial charge in [-0.3, -0.25) is 0 Å². The van der Waals surface area contributed by atoms with Gasteiger partial charge in [0, 0.05) is 18.2 Å². The minimum Gasteiger partial charge on any atom is -0.497 e. The number of nitrogens with one attached hydrogen (secondary N) is 1. The van der Waals surface area contributed by atoms with Gasteiger partial charge in [0.1, 0.15) is 11.8 Å². The van der Waals surface area contributed by atoms with Crippen LogP contribution >= 0.6 is 11.6 Å². The molecular weight excluding hydrogens is 264 g/mol. The van der Waals surface area contributed by atoms with Crippen LogP contribution in [0.25, 0.3) is 0 Å². The summed E-state index contributed by atoms with van der Waals surface area (Å²) < 4.78 is 31.4. The topological polar surface area (TPSA) is 41.5 Å². The van der Waals surface area contributed by atoms with E-state index in [1.54, 1.807) is 24.3 Å². The number of halogens is 3. The molecule has 0 saturated heterocycles. The quantitative estimate of drug-likeness (QED) is 0.787. The monoisotopic (exact) mass is 279 g/mol. The third-order valence-electron chi connectivity index (χ3n) is 2.62. The minimum atomic E-state index is -3.44. The number of benzene rings is 1. The Morgan fingerprint density at radius 3 is 2.33 bits per heavy atom. The van der Waals surface area contributed by atoms with E-state index in [0.29, 0.717) is 11.4 Å². The normalized spacial score (nSPS) is 15.0. The summed E-state index contributed by atoms with van der Waals surface area (Å²) in [5.41, 5.74) is 0.487. The van der Waals surface area contributed by atoms with Crippen LogP contribution in [0.4, 0.5) is 14.5 Å². The van der Waals surface area contributed by atoms with Gasteiger partial charge in [0.15, 0.2) is 0 Å². The maximum absolute atomic E-state index is 13.2. The molecule has 0 bridgehead atoms. The van der Waals surface area contributed by atoms with Crippen molar-refractivity contribution in [3.8, 4) is 5.75 Å². The zero-order valence-electron chi connectivity index (χ0n) is 10.2. The van der Waals surface area contributed by atoms with Crippen molar-refractivity contribution in [2.45, 2.75) is 18.3 Å². The molecular formula is C12H16ClF2NO2. The van der Waals surface area contributed by atoms with Gasteiger partial charge in [0.05, 0.1) is 7.11 Å². The van der Waals surface area contributed by atoms with E-state index in [1.165, 1.54) is 14.0 Å². The van der Waals surface area contributed by atoms with Gasteiger partial charge in [-0.15, -0.1) is 0 Å². The third kappa shape index (κ3) is 3.99. The fraction of sp³-hybridized carbons (Fsp3) is 0.500. The second kappa shape index (κ2) is 6.20. The van der Waals surface area contributed by atoms with Crippen LogP contribution in [0.15, 0.2) is 24.3 Å². The van der Waals surface area contributed by atoms with Crippen molar-refractivity contribution in [2.75, 3.05) is 19.0 Å². The Bertz CT molecular complexity index is 367. The molecule has 0 aliphatic heterocycles. The van der Waals surface area contributed by atoms with Gasteiger partial charge in [-0.1, -0.05) is 6.92 Å². The number of ether oxygens (including phenoxy) is 1. The van der Waals surface area contributed by atoms with Crippen molar-refractivity contribution in [3.05, 3.63) is 24.3 Å². The fourth-order valence-corrected chi connectivity index (χ4v) is 1.79. The molecule has 0 aliphatic rings. The lowest BCUT2D eigenvalue weighted by atomic mass is 10.0. The fourth-order valence-electron chi connectivity index (χ4n) is 1.52. The Kier molecular flexibility index (Phi) is 5.16. The first-order valence-electron chi connectivity index (χ1n) is 5.46. The Morgan fingerprint density at radius 1 is 1.39 bits per heavy atom. The largest absolute Gasteiger partial charge is 0.497 e. The Morgan fingerprint density at radius 2 is 1.94 bits per heavy atom. The zero-order chi connectivity index (χ0) is 13.8. The van der Waals surface area contributed by atoms with Crippen LogP contribution in [0, 0.1) is 5.92 Å². The molecule has 0 saturated carbocycles. The minimum absolute atomic E-state index is 0.379. The Labute approximate surface area is 110 Å². The van der Waals surface area contributed by atoms with E-state index in [1.807, 2.05) is 0 Å². The summed E-state index contributed by atoms with van der Waals surface area (Å²) in [4.78, 5) is 0. The number of aliphatic hydroxyl groups is 1. The number of anilines is 1. The molecule has 0 fully saturated rings. The predicted octanol–water partition coefficient (Wildman–Crippen LogP) is 2.94. The van der Waals surface area contributed by atoms with Crippen LogP contribution in [0.5, 0.6) is 5.75 Å². The van der Waals surface area contributed by atoms with E-state index in [4.69, 9.17) is 21.4 Å². The van der Waals surface area contributed by atoms with Crippen LogP contribution in [0.1, 0.15) is 6.92 Å². The van der Waals surface area contributed by atoms with Gasteiger partial charge in [0.2, 0.25) is 0 Å². The first-order chi connectivity index (χ1) is 8.38. The zero-order valence-corrected chi connectivity index (χ0v) is 10.9. The predicted molar refractivity (Wildman–Crippen MR) is 67.5 cm³/mol. The van der Waals surface area contributed by atoms with Crippen LogP contribution in [0.3, 0.4) is 0 Å². The first kappa shape index (κ1) is 15.0. The summed E-state index contributed by atoms with van der Waals surface area (Å²) >= 11 is 5.05. The Balaban J connectivity index is 2.82. The summed E-state index contributed by atoms with van der Waals surface area (Å²) in [6.07, 6.45) is 0. The molecule has 1 rings (SSSR count). The van der Waals surface area contributed by atoms with Gasteiger partial charge in [-0.2, -0.15) is 8.78 Å². The summed E-state index contributed by atoms with van der Waals surface area (Å²) in [6.45, 7) is 1.12. The second-order valence-electron chi connectivity index (χ2n) is 4.05. The first-order valence-corrected chi connectivity index (χ1v) is 5.84. The molecule has 102 valence electrons. The van der Waals surface area contributed by atoms with Gasteiger partial charge in [-0.05, 0) is 35.9 Å². The Hall–Kier alpha value is -1.07. The van der Waals surface area contributed by atoms with Crippen molar-refractivity contribution < 1.29 is 18.6 Å². The molecule has 0 aromatic heterocycles. The molecule has 1 aromatic rings. The highest BCUT2D eigenvalue weighted by atomic mass is 35.5. The van der Waals surface area contributed by atoms with Gasteiger partial charge >= 0.3 is 5.38 Å². The van der Waals surface area contributed by atoms with E-state index in [9.17, 15) is 8.78 Å².